The third-order valence-electron chi connectivity index (χ3n) is 2.78. The van der Waals surface area contributed by atoms with Gasteiger partial charge in [-0.15, -0.1) is 0 Å². The van der Waals surface area contributed by atoms with Crippen LogP contribution in [0.3, 0.4) is 0 Å². The zero-order valence-corrected chi connectivity index (χ0v) is 16.1. The Morgan fingerprint density at radius 2 is 2.00 bits per heavy atom. The first kappa shape index (κ1) is 18.2. The van der Waals surface area contributed by atoms with E-state index in [1.807, 2.05) is 12.1 Å². The van der Waals surface area contributed by atoms with Crippen LogP contribution >= 0.6 is 22.6 Å². The Bertz CT molecular complexity index is 514. The van der Waals surface area contributed by atoms with Crippen LogP contribution in [0.4, 0.5) is 0 Å². The lowest BCUT2D eigenvalue weighted by Crippen LogP contribution is -2.46. The van der Waals surface area contributed by atoms with Gasteiger partial charge < -0.3 is 10.1 Å². The molecule has 1 rings (SSSR count). The quantitative estimate of drug-likeness (QED) is 0.438. The van der Waals surface area contributed by atoms with Crippen molar-refractivity contribution in [3.8, 4) is 0 Å². The third kappa shape index (κ3) is 6.60. The molecule has 1 N–H and O–H groups in total. The van der Waals surface area contributed by atoms with Gasteiger partial charge in [-0.2, -0.15) is 0 Å². The number of rotatable bonds is 6. The average molecular weight is 419 g/mol. The second-order valence-corrected chi connectivity index (χ2v) is 12.8. The van der Waals surface area contributed by atoms with Crippen molar-refractivity contribution in [2.24, 2.45) is 0 Å². The summed E-state index contributed by atoms with van der Waals surface area (Å²) in [5, 5.41) is 2.82. The first-order chi connectivity index (χ1) is 9.73. The van der Waals surface area contributed by atoms with Crippen LogP contribution in [0.15, 0.2) is 24.3 Å². The summed E-state index contributed by atoms with van der Waals surface area (Å²) in [7, 11) is -1.51. The highest BCUT2D eigenvalue weighted by Crippen LogP contribution is 2.14. The average Bonchev–Trinajstić information content (AvgIpc) is 2.36. The molecule has 0 bridgehead atoms. The van der Waals surface area contributed by atoms with Crippen molar-refractivity contribution in [2.75, 3.05) is 6.61 Å². The van der Waals surface area contributed by atoms with Crippen molar-refractivity contribution >= 4 is 42.5 Å². The molecule has 1 atom stereocenters. The van der Waals surface area contributed by atoms with Crippen LogP contribution in [0, 0.1) is 3.57 Å². The van der Waals surface area contributed by atoms with E-state index in [4.69, 9.17) is 4.74 Å². The molecule has 0 spiro atoms. The minimum Gasteiger partial charge on any atom is -0.464 e. The number of hydrogen-bond acceptors (Lipinski definition) is 3. The fraction of sp³-hybridized carbons (Fsp3) is 0.467. The minimum atomic E-state index is -1.51. The zero-order valence-electron chi connectivity index (χ0n) is 12.9. The van der Waals surface area contributed by atoms with Crippen molar-refractivity contribution in [1.29, 1.82) is 0 Å². The Balaban J connectivity index is 2.85. The third-order valence-corrected chi connectivity index (χ3v) is 5.08. The number of ether oxygens (including phenoxy) is 1. The number of carbonyl (C=O) groups is 2. The molecular formula is C15H22INO3Si. The van der Waals surface area contributed by atoms with Crippen LogP contribution in [-0.2, 0) is 9.53 Å². The van der Waals surface area contributed by atoms with Crippen LogP contribution in [0.2, 0.25) is 25.7 Å². The van der Waals surface area contributed by atoms with Gasteiger partial charge in [0.15, 0.2) is 0 Å². The van der Waals surface area contributed by atoms with Crippen LogP contribution in [0.1, 0.15) is 17.3 Å². The summed E-state index contributed by atoms with van der Waals surface area (Å²) in [6.45, 7) is 8.58. The predicted octanol–water partition coefficient (Wildman–Crippen LogP) is 3.29. The second-order valence-electron chi connectivity index (χ2n) is 6.05. The number of nitrogens with one attached hydrogen (secondary N) is 1. The van der Waals surface area contributed by atoms with Crippen molar-refractivity contribution in [3.05, 3.63) is 33.4 Å². The maximum absolute atomic E-state index is 12.3. The molecule has 0 aromatic heterocycles. The van der Waals surface area contributed by atoms with Gasteiger partial charge in [-0.05, 0) is 53.8 Å². The predicted molar refractivity (Wildman–Crippen MR) is 95.2 cm³/mol. The first-order valence-electron chi connectivity index (χ1n) is 6.96. The summed E-state index contributed by atoms with van der Waals surface area (Å²) in [4.78, 5) is 24.3. The molecule has 0 fully saturated rings. The monoisotopic (exact) mass is 419 g/mol. The highest BCUT2D eigenvalue weighted by Gasteiger charge is 2.28. The Morgan fingerprint density at radius 1 is 1.33 bits per heavy atom. The molecule has 0 radical (unpaired) electrons. The van der Waals surface area contributed by atoms with E-state index in [0.29, 0.717) is 18.2 Å². The summed E-state index contributed by atoms with van der Waals surface area (Å²) in [5.74, 6) is -0.580. The fourth-order valence-corrected chi connectivity index (χ4v) is 3.96. The molecule has 0 aliphatic heterocycles. The molecule has 0 heterocycles. The standard InChI is InChI=1S/C15H22INO3Si/c1-5-20-15(19)13(10-21(2,3)4)17-14(18)11-7-6-8-12(16)9-11/h6-9,13H,5,10H2,1-4H3,(H,17,18)/t13-/m1/s1. The van der Waals surface area contributed by atoms with Gasteiger partial charge in [0.1, 0.15) is 6.04 Å². The van der Waals surface area contributed by atoms with Crippen molar-refractivity contribution in [2.45, 2.75) is 38.7 Å². The van der Waals surface area contributed by atoms with Gasteiger partial charge in [0.25, 0.3) is 5.91 Å². The molecule has 0 unspecified atom stereocenters. The zero-order chi connectivity index (χ0) is 16.0. The van der Waals surface area contributed by atoms with Crippen molar-refractivity contribution in [1.82, 2.24) is 5.32 Å². The molecule has 1 aromatic carbocycles. The molecule has 6 heteroatoms. The molecule has 1 amide bonds. The Morgan fingerprint density at radius 3 is 2.52 bits per heavy atom. The lowest BCUT2D eigenvalue weighted by atomic mass is 10.2. The number of carbonyl (C=O) groups excluding carboxylic acids is 2. The fourth-order valence-electron chi connectivity index (χ4n) is 1.92. The summed E-state index contributed by atoms with van der Waals surface area (Å²) < 4.78 is 6.06. The Labute approximate surface area is 140 Å². The maximum atomic E-state index is 12.3. The maximum Gasteiger partial charge on any atom is 0.328 e. The van der Waals surface area contributed by atoms with Gasteiger partial charge in [-0.1, -0.05) is 25.7 Å². The van der Waals surface area contributed by atoms with Gasteiger partial charge in [0.05, 0.1) is 6.61 Å². The van der Waals surface area contributed by atoms with Crippen LogP contribution in [-0.4, -0.2) is 32.6 Å². The highest BCUT2D eigenvalue weighted by molar-refractivity contribution is 14.1. The van der Waals surface area contributed by atoms with Gasteiger partial charge in [-0.3, -0.25) is 4.79 Å². The minimum absolute atomic E-state index is 0.232. The second kappa shape index (κ2) is 7.93. The van der Waals surface area contributed by atoms with E-state index in [1.54, 1.807) is 19.1 Å². The van der Waals surface area contributed by atoms with Gasteiger partial charge >= 0.3 is 5.97 Å². The number of hydrogen-bond donors (Lipinski definition) is 1. The first-order valence-corrected chi connectivity index (χ1v) is 11.7. The SMILES string of the molecule is CCOC(=O)[C@@H](C[Si](C)(C)C)NC(=O)c1cccc(I)c1. The number of benzene rings is 1. The molecule has 1 aromatic rings. The van der Waals surface area contributed by atoms with E-state index in [2.05, 4.69) is 47.5 Å². The van der Waals surface area contributed by atoms with Crippen LogP contribution < -0.4 is 5.32 Å². The normalized spacial score (nSPS) is 12.6. The topological polar surface area (TPSA) is 55.4 Å². The van der Waals surface area contributed by atoms with Crippen molar-refractivity contribution < 1.29 is 14.3 Å². The summed E-state index contributed by atoms with van der Waals surface area (Å²) >= 11 is 2.16. The lowest BCUT2D eigenvalue weighted by molar-refractivity contribution is -0.144. The largest absolute Gasteiger partial charge is 0.464 e. The van der Waals surface area contributed by atoms with E-state index in [0.717, 1.165) is 3.57 Å². The van der Waals surface area contributed by atoms with Gasteiger partial charge in [-0.25, -0.2) is 4.79 Å². The molecule has 116 valence electrons. The Hall–Kier alpha value is -0.893. The highest BCUT2D eigenvalue weighted by atomic mass is 127. The number of halogens is 1. The molecule has 0 aliphatic rings. The van der Waals surface area contributed by atoms with E-state index in [-0.39, 0.29) is 11.9 Å². The summed E-state index contributed by atoms with van der Waals surface area (Å²) in [5.41, 5.74) is 0.562. The van der Waals surface area contributed by atoms with E-state index in [1.165, 1.54) is 0 Å². The van der Waals surface area contributed by atoms with Gasteiger partial charge in [0, 0.05) is 17.2 Å². The molecular weight excluding hydrogens is 397 g/mol. The van der Waals surface area contributed by atoms with E-state index >= 15 is 0 Å². The molecule has 0 saturated carbocycles. The number of esters is 1. The number of amides is 1. The van der Waals surface area contributed by atoms with Crippen LogP contribution in [0.5, 0.6) is 0 Å². The van der Waals surface area contributed by atoms with E-state index < -0.39 is 14.1 Å². The molecule has 21 heavy (non-hydrogen) atoms. The van der Waals surface area contributed by atoms with Gasteiger partial charge in [0.2, 0.25) is 0 Å². The van der Waals surface area contributed by atoms with E-state index in [9.17, 15) is 9.59 Å². The molecule has 0 saturated heterocycles. The molecule has 4 nitrogen and oxygen atoms in total. The summed E-state index contributed by atoms with van der Waals surface area (Å²) in [6, 6.07) is 7.39. The molecule has 0 aliphatic carbocycles. The van der Waals surface area contributed by atoms with Crippen LogP contribution in [0.25, 0.3) is 0 Å². The lowest BCUT2D eigenvalue weighted by Gasteiger charge is -2.24. The van der Waals surface area contributed by atoms with Crippen molar-refractivity contribution in [3.63, 3.8) is 0 Å². The smallest absolute Gasteiger partial charge is 0.328 e. The Kier molecular flexibility index (Phi) is 6.86. The summed E-state index contributed by atoms with van der Waals surface area (Å²) in [6.07, 6.45) is 0.